The van der Waals surface area contributed by atoms with Crippen LogP contribution in [0.25, 0.3) is 0 Å². The predicted octanol–water partition coefficient (Wildman–Crippen LogP) is 4.16. The first-order valence-electron chi connectivity index (χ1n) is 13.2. The van der Waals surface area contributed by atoms with E-state index in [0.29, 0.717) is 18.3 Å². The summed E-state index contributed by atoms with van der Waals surface area (Å²) in [5, 5.41) is 0. The van der Waals surface area contributed by atoms with Crippen molar-refractivity contribution in [2.75, 3.05) is 0 Å². The van der Waals surface area contributed by atoms with E-state index in [4.69, 9.17) is 18.9 Å². The topological polar surface area (TPSA) is 88.1 Å². The van der Waals surface area contributed by atoms with Crippen LogP contribution in [0.4, 0.5) is 0 Å². The van der Waals surface area contributed by atoms with Crippen LogP contribution in [0.3, 0.4) is 0 Å². The number of carbonyl (C=O) groups is 3. The summed E-state index contributed by atoms with van der Waals surface area (Å²) < 4.78 is 24.1. The summed E-state index contributed by atoms with van der Waals surface area (Å²) in [6.45, 7) is 8.46. The minimum atomic E-state index is -1.04. The highest BCUT2D eigenvalue weighted by Crippen LogP contribution is 2.71. The van der Waals surface area contributed by atoms with E-state index in [1.54, 1.807) is 0 Å². The molecule has 3 aliphatic carbocycles. The van der Waals surface area contributed by atoms with Crippen LogP contribution in [-0.4, -0.2) is 42.5 Å². The fraction of sp³-hybridized carbons (Fsp3) is 0.889. The van der Waals surface area contributed by atoms with Gasteiger partial charge in [0, 0.05) is 18.3 Å². The van der Waals surface area contributed by atoms with E-state index in [0.717, 1.165) is 44.9 Å². The Labute approximate surface area is 201 Å². The third-order valence-corrected chi connectivity index (χ3v) is 11.3. The van der Waals surface area contributed by atoms with Gasteiger partial charge < -0.3 is 23.7 Å². The Bertz CT molecular complexity index is 919. The van der Waals surface area contributed by atoms with Crippen LogP contribution >= 0.6 is 0 Å². The molecular formula is C27H38O7. The standard InChI is InChI=1S/C27H38O7/c1-15(29)31-20-12-17-16(22-33-23-27(20,34-22)13-21(30)32-23)6-7-19-25(17,3)11-8-18-24(2,14-28)9-5-10-26(18,19)4/h14,16-20,22-23H,5-13H2,1-4H3/t16-,17+,18?,19?,20+,22-,23+,24+,25-,26-,27-/m0/s1. The fourth-order valence-corrected chi connectivity index (χ4v) is 9.96. The van der Waals surface area contributed by atoms with Gasteiger partial charge in [-0.15, -0.1) is 0 Å². The van der Waals surface area contributed by atoms with Crippen LogP contribution in [0.2, 0.25) is 0 Å². The van der Waals surface area contributed by atoms with E-state index in [-0.39, 0.29) is 46.4 Å². The molecular weight excluding hydrogens is 436 g/mol. The van der Waals surface area contributed by atoms with Crippen molar-refractivity contribution >= 4 is 18.2 Å². The molecule has 2 unspecified atom stereocenters. The van der Waals surface area contributed by atoms with E-state index < -0.39 is 24.3 Å². The van der Waals surface area contributed by atoms with E-state index >= 15 is 0 Å². The summed E-state index contributed by atoms with van der Waals surface area (Å²) in [6.07, 6.45) is 7.53. The maximum absolute atomic E-state index is 12.2. The van der Waals surface area contributed by atoms with Crippen molar-refractivity contribution in [2.45, 2.75) is 110 Å². The van der Waals surface area contributed by atoms with Gasteiger partial charge in [-0.05, 0) is 73.5 Å². The number of carbonyl (C=O) groups excluding carboxylic acids is 3. The number of aldehydes is 1. The van der Waals surface area contributed by atoms with Crippen molar-refractivity contribution < 1.29 is 33.3 Å². The Morgan fingerprint density at radius 3 is 2.59 bits per heavy atom. The zero-order valence-corrected chi connectivity index (χ0v) is 20.8. The normalized spacial score (nSPS) is 55.6. The van der Waals surface area contributed by atoms with Crippen LogP contribution in [0.5, 0.6) is 0 Å². The summed E-state index contributed by atoms with van der Waals surface area (Å²) in [4.78, 5) is 36.6. The quantitative estimate of drug-likeness (QED) is 0.439. The monoisotopic (exact) mass is 474 g/mol. The van der Waals surface area contributed by atoms with Crippen LogP contribution < -0.4 is 0 Å². The molecule has 1 spiro atoms. The lowest BCUT2D eigenvalue weighted by molar-refractivity contribution is -0.221. The van der Waals surface area contributed by atoms with E-state index in [9.17, 15) is 14.4 Å². The molecule has 6 rings (SSSR count). The summed E-state index contributed by atoms with van der Waals surface area (Å²) >= 11 is 0. The highest BCUT2D eigenvalue weighted by atomic mass is 16.8. The lowest BCUT2D eigenvalue weighted by atomic mass is 9.38. The second kappa shape index (κ2) is 7.28. The second-order valence-corrected chi connectivity index (χ2v) is 12.9. The minimum Gasteiger partial charge on any atom is -0.459 e. The first-order chi connectivity index (χ1) is 16.1. The molecule has 3 aliphatic heterocycles. The smallest absolute Gasteiger partial charge is 0.311 e. The van der Waals surface area contributed by atoms with Crippen LogP contribution in [-0.2, 0) is 33.3 Å². The van der Waals surface area contributed by atoms with Gasteiger partial charge in [-0.3, -0.25) is 9.59 Å². The molecule has 0 aromatic heterocycles. The minimum absolute atomic E-state index is 0.0283. The molecule has 11 atom stereocenters. The molecule has 2 bridgehead atoms. The molecule has 0 aromatic rings. The molecule has 0 radical (unpaired) electrons. The Morgan fingerprint density at radius 1 is 1.06 bits per heavy atom. The van der Waals surface area contributed by atoms with Gasteiger partial charge in [0.05, 0.1) is 6.42 Å². The summed E-state index contributed by atoms with van der Waals surface area (Å²) in [6, 6.07) is 0. The van der Waals surface area contributed by atoms with Crippen LogP contribution in [0, 0.1) is 39.9 Å². The predicted molar refractivity (Wildman–Crippen MR) is 120 cm³/mol. The zero-order valence-electron chi connectivity index (χ0n) is 20.8. The first kappa shape index (κ1) is 23.0. The molecule has 7 heteroatoms. The average Bonchev–Trinajstić information content (AvgIpc) is 3.21. The maximum Gasteiger partial charge on any atom is 0.311 e. The Kier molecular flexibility index (Phi) is 4.92. The van der Waals surface area contributed by atoms with E-state index in [1.807, 2.05) is 0 Å². The van der Waals surface area contributed by atoms with Crippen molar-refractivity contribution in [3.8, 4) is 0 Å². The van der Waals surface area contributed by atoms with Gasteiger partial charge in [0.2, 0.25) is 6.29 Å². The molecule has 188 valence electrons. The Morgan fingerprint density at radius 2 is 1.85 bits per heavy atom. The van der Waals surface area contributed by atoms with Crippen molar-refractivity contribution in [3.63, 3.8) is 0 Å². The van der Waals surface area contributed by atoms with Crippen molar-refractivity contribution in [1.82, 2.24) is 0 Å². The average molecular weight is 475 g/mol. The van der Waals surface area contributed by atoms with Gasteiger partial charge in [-0.1, -0.05) is 27.2 Å². The van der Waals surface area contributed by atoms with Crippen LogP contribution in [0.1, 0.15) is 85.5 Å². The van der Waals surface area contributed by atoms with Crippen molar-refractivity contribution in [2.24, 2.45) is 39.9 Å². The van der Waals surface area contributed by atoms with Crippen molar-refractivity contribution in [3.05, 3.63) is 0 Å². The van der Waals surface area contributed by atoms with Gasteiger partial charge in [0.25, 0.3) is 0 Å². The number of hydrogen-bond donors (Lipinski definition) is 0. The molecule has 3 saturated heterocycles. The van der Waals surface area contributed by atoms with Crippen LogP contribution in [0.15, 0.2) is 0 Å². The van der Waals surface area contributed by atoms with Gasteiger partial charge >= 0.3 is 11.9 Å². The molecule has 0 amide bonds. The summed E-state index contributed by atoms with van der Waals surface area (Å²) in [5.74, 6) is 0.582. The third-order valence-electron chi connectivity index (χ3n) is 11.3. The molecule has 0 N–H and O–H groups in total. The lowest BCUT2D eigenvalue weighted by Crippen LogP contribution is -2.61. The maximum atomic E-state index is 12.2. The highest BCUT2D eigenvalue weighted by molar-refractivity contribution is 5.74. The molecule has 3 heterocycles. The summed E-state index contributed by atoms with van der Waals surface area (Å²) in [5.41, 5.74) is -1.14. The molecule has 6 aliphatic rings. The summed E-state index contributed by atoms with van der Waals surface area (Å²) in [7, 11) is 0. The van der Waals surface area contributed by atoms with Gasteiger partial charge in [0.15, 0.2) is 11.9 Å². The Hall–Kier alpha value is -1.47. The highest BCUT2D eigenvalue weighted by Gasteiger charge is 2.71. The molecule has 6 fully saturated rings. The van der Waals surface area contributed by atoms with Gasteiger partial charge in [-0.25, -0.2) is 0 Å². The number of hydrogen-bond acceptors (Lipinski definition) is 7. The number of fused-ring (bicyclic) bond motifs is 7. The molecule has 34 heavy (non-hydrogen) atoms. The Balaban J connectivity index is 1.38. The van der Waals surface area contributed by atoms with E-state index in [1.165, 1.54) is 13.2 Å². The molecule has 3 saturated carbocycles. The third kappa shape index (κ3) is 2.86. The SMILES string of the molecule is CC(=O)O[C@@H]1C[C@@H]2[C@H](CCC3[C@@]4(C)CCC[C@](C)(C=O)C4CC[C@]32C)[C@H]2O[C@H]3OC(=O)C[C@@]31O2. The second-order valence-electron chi connectivity index (χ2n) is 12.9. The molecule has 7 nitrogen and oxygen atoms in total. The fourth-order valence-electron chi connectivity index (χ4n) is 9.96. The first-order valence-corrected chi connectivity index (χ1v) is 13.2. The molecule has 0 aromatic carbocycles. The van der Waals surface area contributed by atoms with Crippen molar-refractivity contribution in [1.29, 1.82) is 0 Å². The zero-order chi connectivity index (χ0) is 24.1. The number of esters is 2. The largest absolute Gasteiger partial charge is 0.459 e. The lowest BCUT2D eigenvalue weighted by Gasteiger charge is -2.66. The van der Waals surface area contributed by atoms with E-state index in [2.05, 4.69) is 20.8 Å². The van der Waals surface area contributed by atoms with Gasteiger partial charge in [-0.2, -0.15) is 0 Å². The van der Waals surface area contributed by atoms with Gasteiger partial charge in [0.1, 0.15) is 12.4 Å². The number of ether oxygens (including phenoxy) is 4. The number of rotatable bonds is 2.